The van der Waals surface area contributed by atoms with E-state index in [1.54, 1.807) is 0 Å². The van der Waals surface area contributed by atoms with Gasteiger partial charge in [-0.2, -0.15) is 0 Å². The van der Waals surface area contributed by atoms with Gasteiger partial charge in [0.1, 0.15) is 12.7 Å². The number of hydrogen-bond acceptors (Lipinski definition) is 4. The molecule has 0 aromatic heterocycles. The van der Waals surface area contributed by atoms with Crippen LogP contribution in [-0.2, 0) is 20.0 Å². The van der Waals surface area contributed by atoms with Gasteiger partial charge in [-0.3, -0.25) is 0 Å². The molecule has 0 bridgehead atoms. The third kappa shape index (κ3) is 3.01. The van der Waals surface area contributed by atoms with Crippen LogP contribution >= 0.6 is 15.9 Å². The first-order valence-electron chi connectivity index (χ1n) is 5.50. The second-order valence-corrected chi connectivity index (χ2v) is 5.05. The van der Waals surface area contributed by atoms with Crippen LogP contribution in [-0.4, -0.2) is 25.4 Å². The molecule has 1 heterocycles. The molecule has 1 aliphatic rings. The van der Waals surface area contributed by atoms with Crippen molar-refractivity contribution < 1.29 is 19.0 Å². The minimum absolute atomic E-state index is 0.0987. The Balaban J connectivity index is 2.01. The first-order valence-corrected chi connectivity index (χ1v) is 6.29. The Hall–Kier alpha value is -1.11. The predicted octanol–water partition coefficient (Wildman–Crippen LogP) is 2.13. The van der Waals surface area contributed by atoms with Crippen molar-refractivity contribution in [3.8, 4) is 0 Å². The van der Waals surface area contributed by atoms with Crippen LogP contribution < -0.4 is 5.73 Å². The van der Waals surface area contributed by atoms with Crippen molar-refractivity contribution in [1.29, 1.82) is 0 Å². The molecule has 1 aliphatic heterocycles. The molecule has 0 spiro atoms. The average molecular weight is 316 g/mol. The number of rotatable bonds is 3. The minimum Gasteiger partial charge on any atom is -0.447 e. The maximum Gasteiger partial charge on any atom is 0.404 e. The summed E-state index contributed by atoms with van der Waals surface area (Å²) in [7, 11) is 0. The number of primary amides is 1. The summed E-state index contributed by atoms with van der Waals surface area (Å²) < 4.78 is 17.1. The second-order valence-electron chi connectivity index (χ2n) is 4.13. The molecule has 5 nitrogen and oxygen atoms in total. The summed E-state index contributed by atoms with van der Waals surface area (Å²) in [6.45, 7) is 2.29. The maximum atomic E-state index is 10.5. The lowest BCUT2D eigenvalue weighted by molar-refractivity contribution is -0.165. The largest absolute Gasteiger partial charge is 0.447 e. The van der Waals surface area contributed by atoms with Gasteiger partial charge in [-0.15, -0.1) is 0 Å². The number of carbonyl (C=O) groups excluding carboxylic acids is 1. The molecule has 6 heteroatoms. The zero-order chi connectivity index (χ0) is 13.2. The van der Waals surface area contributed by atoms with Crippen LogP contribution in [0.1, 0.15) is 12.5 Å². The molecule has 1 aromatic rings. The Morgan fingerprint density at radius 2 is 2.22 bits per heavy atom. The molecule has 0 saturated carbocycles. The number of benzene rings is 1. The molecule has 1 saturated heterocycles. The topological polar surface area (TPSA) is 70.8 Å². The Bertz CT molecular complexity index is 436. The summed E-state index contributed by atoms with van der Waals surface area (Å²) in [6.07, 6.45) is -1.11. The van der Waals surface area contributed by atoms with Crippen molar-refractivity contribution in [3.63, 3.8) is 0 Å². The van der Waals surface area contributed by atoms with Crippen LogP contribution in [0.25, 0.3) is 0 Å². The molecule has 2 unspecified atom stereocenters. The number of halogens is 1. The van der Waals surface area contributed by atoms with Gasteiger partial charge in [0.2, 0.25) is 0 Å². The lowest BCUT2D eigenvalue weighted by atomic mass is 10.1. The van der Waals surface area contributed by atoms with Crippen LogP contribution in [0.3, 0.4) is 0 Å². The van der Waals surface area contributed by atoms with E-state index >= 15 is 0 Å². The number of nitrogens with two attached hydrogens (primary N) is 1. The van der Waals surface area contributed by atoms with Crippen molar-refractivity contribution in [2.24, 2.45) is 5.73 Å². The summed E-state index contributed by atoms with van der Waals surface area (Å²) >= 11 is 3.37. The fraction of sp³-hybridized carbons (Fsp3) is 0.417. The van der Waals surface area contributed by atoms with Crippen LogP contribution in [0.15, 0.2) is 28.7 Å². The number of amides is 1. The Kier molecular flexibility index (Phi) is 3.89. The first kappa shape index (κ1) is 13.3. The molecule has 0 radical (unpaired) electrons. The molecule has 1 fully saturated rings. The van der Waals surface area contributed by atoms with Crippen LogP contribution in [0.4, 0.5) is 4.79 Å². The molecule has 98 valence electrons. The smallest absolute Gasteiger partial charge is 0.404 e. The highest BCUT2D eigenvalue weighted by Gasteiger charge is 2.39. The molecule has 1 amide bonds. The van der Waals surface area contributed by atoms with Crippen molar-refractivity contribution in [2.75, 3.05) is 13.2 Å². The van der Waals surface area contributed by atoms with Gasteiger partial charge in [-0.05, 0) is 19.1 Å². The summed E-state index contributed by atoms with van der Waals surface area (Å²) in [5, 5.41) is 0. The Labute approximate surface area is 113 Å². The highest BCUT2D eigenvalue weighted by atomic mass is 79.9. The Morgan fingerprint density at radius 3 is 2.83 bits per heavy atom. The lowest BCUT2D eigenvalue weighted by Gasteiger charge is -2.23. The molecule has 0 aliphatic carbocycles. The molecule has 2 N–H and O–H groups in total. The van der Waals surface area contributed by atoms with E-state index in [0.29, 0.717) is 6.61 Å². The van der Waals surface area contributed by atoms with E-state index in [0.717, 1.165) is 10.0 Å². The number of carbonyl (C=O) groups is 1. The third-order valence-electron chi connectivity index (χ3n) is 2.72. The molecule has 18 heavy (non-hydrogen) atoms. The second kappa shape index (κ2) is 5.26. The van der Waals surface area contributed by atoms with Gasteiger partial charge in [-0.25, -0.2) is 4.79 Å². The molecular formula is C12H14BrNO4. The zero-order valence-corrected chi connectivity index (χ0v) is 11.5. The summed E-state index contributed by atoms with van der Waals surface area (Å²) in [4.78, 5) is 10.5. The van der Waals surface area contributed by atoms with Gasteiger partial charge in [0.25, 0.3) is 0 Å². The molecule has 2 atom stereocenters. The lowest BCUT2D eigenvalue weighted by Crippen LogP contribution is -2.27. The number of hydrogen-bond donors (Lipinski definition) is 1. The summed E-state index contributed by atoms with van der Waals surface area (Å²) in [5.41, 5.74) is 5.81. The average Bonchev–Trinajstić information content (AvgIpc) is 2.71. The summed E-state index contributed by atoms with van der Waals surface area (Å²) in [5.74, 6) is -0.813. The molecule has 2 rings (SSSR count). The number of ether oxygens (including phenoxy) is 3. The first-order chi connectivity index (χ1) is 8.49. The third-order valence-corrected chi connectivity index (χ3v) is 3.24. The van der Waals surface area contributed by atoms with Crippen molar-refractivity contribution in [3.05, 3.63) is 34.3 Å². The molecular weight excluding hydrogens is 302 g/mol. The fourth-order valence-electron chi connectivity index (χ4n) is 1.80. The van der Waals surface area contributed by atoms with E-state index in [2.05, 4.69) is 15.9 Å². The van der Waals surface area contributed by atoms with Crippen molar-refractivity contribution in [1.82, 2.24) is 0 Å². The van der Waals surface area contributed by atoms with E-state index in [9.17, 15) is 4.79 Å². The highest BCUT2D eigenvalue weighted by Crippen LogP contribution is 2.34. The summed E-state index contributed by atoms with van der Waals surface area (Å²) in [6, 6.07) is 7.67. The Morgan fingerprint density at radius 1 is 1.56 bits per heavy atom. The van der Waals surface area contributed by atoms with Crippen molar-refractivity contribution in [2.45, 2.75) is 18.8 Å². The minimum atomic E-state index is -0.813. The van der Waals surface area contributed by atoms with E-state index < -0.39 is 11.9 Å². The van der Waals surface area contributed by atoms with Gasteiger partial charge in [0.05, 0.1) is 6.61 Å². The van der Waals surface area contributed by atoms with Gasteiger partial charge < -0.3 is 19.9 Å². The van der Waals surface area contributed by atoms with E-state index in [4.69, 9.17) is 19.9 Å². The predicted molar refractivity (Wildman–Crippen MR) is 67.9 cm³/mol. The van der Waals surface area contributed by atoms with Crippen LogP contribution in [0.5, 0.6) is 0 Å². The van der Waals surface area contributed by atoms with E-state index in [1.165, 1.54) is 0 Å². The zero-order valence-electron chi connectivity index (χ0n) is 9.89. The monoisotopic (exact) mass is 315 g/mol. The van der Waals surface area contributed by atoms with Gasteiger partial charge in [0, 0.05) is 10.0 Å². The quantitative estimate of drug-likeness (QED) is 0.927. The highest BCUT2D eigenvalue weighted by molar-refractivity contribution is 9.10. The van der Waals surface area contributed by atoms with E-state index in [1.807, 2.05) is 31.2 Å². The molecule has 1 aromatic carbocycles. The maximum absolute atomic E-state index is 10.5. The van der Waals surface area contributed by atoms with E-state index in [-0.39, 0.29) is 12.7 Å². The van der Waals surface area contributed by atoms with Crippen LogP contribution in [0, 0.1) is 0 Å². The standard InChI is InChI=1S/C12H14BrNO4/c1-12(8-2-4-9(13)5-3-8)17-7-10(18-12)6-16-11(14)15/h2-5,10H,6-7H2,1H3,(H2,14,15). The fourth-order valence-corrected chi connectivity index (χ4v) is 2.06. The SMILES string of the molecule is CC1(c2ccc(Br)cc2)OCC(COC(N)=O)O1. The van der Waals surface area contributed by atoms with Gasteiger partial charge in [-0.1, -0.05) is 28.1 Å². The normalized spacial score (nSPS) is 27.1. The van der Waals surface area contributed by atoms with Crippen LogP contribution in [0.2, 0.25) is 0 Å². The van der Waals surface area contributed by atoms with Crippen molar-refractivity contribution >= 4 is 22.0 Å². The van der Waals surface area contributed by atoms with Gasteiger partial charge >= 0.3 is 6.09 Å². The van der Waals surface area contributed by atoms with Gasteiger partial charge in [0.15, 0.2) is 5.79 Å².